The van der Waals surface area contributed by atoms with E-state index in [1.165, 1.54) is 4.68 Å². The number of amides is 1. The molecule has 24 heavy (non-hydrogen) atoms. The number of methoxy groups -OCH3 is 1. The van der Waals surface area contributed by atoms with E-state index in [0.717, 1.165) is 29.5 Å². The van der Waals surface area contributed by atoms with Gasteiger partial charge < -0.3 is 10.1 Å². The Labute approximate surface area is 137 Å². The molecule has 7 nitrogen and oxygen atoms in total. The van der Waals surface area contributed by atoms with Gasteiger partial charge in [-0.3, -0.25) is 14.0 Å². The molecule has 3 aromatic rings. The molecule has 1 saturated carbocycles. The van der Waals surface area contributed by atoms with Crippen molar-refractivity contribution in [2.24, 2.45) is 0 Å². The first-order valence-corrected chi connectivity index (χ1v) is 7.93. The summed E-state index contributed by atoms with van der Waals surface area (Å²) in [5.74, 6) is 1.21. The average molecular weight is 326 g/mol. The molecular formula is C17H18N4O3. The van der Waals surface area contributed by atoms with Crippen LogP contribution < -0.4 is 15.6 Å². The van der Waals surface area contributed by atoms with Gasteiger partial charge in [-0.15, -0.1) is 0 Å². The molecule has 0 unspecified atom stereocenters. The summed E-state index contributed by atoms with van der Waals surface area (Å²) in [4.78, 5) is 24.7. The summed E-state index contributed by atoms with van der Waals surface area (Å²) in [5, 5.41) is 8.08. The van der Waals surface area contributed by atoms with Crippen LogP contribution >= 0.6 is 0 Å². The van der Waals surface area contributed by atoms with Crippen LogP contribution in [0.3, 0.4) is 0 Å². The quantitative estimate of drug-likeness (QED) is 0.782. The van der Waals surface area contributed by atoms with E-state index < -0.39 is 0 Å². The van der Waals surface area contributed by atoms with Gasteiger partial charge in [-0.1, -0.05) is 0 Å². The van der Waals surface area contributed by atoms with Crippen molar-refractivity contribution in [1.29, 1.82) is 0 Å². The van der Waals surface area contributed by atoms with Gasteiger partial charge in [0, 0.05) is 11.4 Å². The molecule has 0 atom stereocenters. The molecule has 0 aliphatic heterocycles. The number of rotatable bonds is 4. The van der Waals surface area contributed by atoms with Crippen LogP contribution in [0.5, 0.6) is 5.75 Å². The number of ether oxygens (including phenoxy) is 1. The number of nitrogens with one attached hydrogen (secondary N) is 1. The lowest BCUT2D eigenvalue weighted by Gasteiger charge is -2.09. The zero-order valence-electron chi connectivity index (χ0n) is 13.6. The van der Waals surface area contributed by atoms with Crippen molar-refractivity contribution in [2.45, 2.75) is 32.4 Å². The van der Waals surface area contributed by atoms with E-state index in [4.69, 9.17) is 4.74 Å². The third-order valence-electron chi connectivity index (χ3n) is 4.29. The Bertz CT molecular complexity index is 1010. The van der Waals surface area contributed by atoms with Gasteiger partial charge in [0.15, 0.2) is 0 Å². The van der Waals surface area contributed by atoms with Crippen molar-refractivity contribution in [3.63, 3.8) is 0 Å². The predicted molar refractivity (Wildman–Crippen MR) is 89.4 cm³/mol. The molecule has 1 aromatic carbocycles. The number of fused-ring (bicyclic) bond motifs is 3. The van der Waals surface area contributed by atoms with Crippen LogP contribution in [0.2, 0.25) is 0 Å². The second-order valence-corrected chi connectivity index (χ2v) is 6.14. The zero-order chi connectivity index (χ0) is 16.8. The highest BCUT2D eigenvalue weighted by Gasteiger charge is 2.24. The molecular weight excluding hydrogens is 308 g/mol. The number of hydrogen-bond donors (Lipinski definition) is 1. The summed E-state index contributed by atoms with van der Waals surface area (Å²) >= 11 is 0. The second-order valence-electron chi connectivity index (χ2n) is 6.14. The predicted octanol–water partition coefficient (Wildman–Crippen LogP) is 1.24. The topological polar surface area (TPSA) is 77.6 Å². The lowest BCUT2D eigenvalue weighted by molar-refractivity contribution is -0.122. The third kappa shape index (κ3) is 2.42. The minimum Gasteiger partial charge on any atom is -0.497 e. The molecule has 1 N–H and O–H groups in total. The molecule has 7 heteroatoms. The van der Waals surface area contributed by atoms with Crippen LogP contribution in [-0.2, 0) is 11.3 Å². The minimum absolute atomic E-state index is 0.0580. The first-order valence-electron chi connectivity index (χ1n) is 7.93. The van der Waals surface area contributed by atoms with E-state index in [2.05, 4.69) is 10.4 Å². The Morgan fingerprint density at radius 3 is 2.83 bits per heavy atom. The summed E-state index contributed by atoms with van der Waals surface area (Å²) < 4.78 is 8.28. The molecule has 124 valence electrons. The highest BCUT2D eigenvalue weighted by atomic mass is 16.5. The molecule has 1 aliphatic carbocycles. The van der Waals surface area contributed by atoms with Crippen LogP contribution in [0, 0.1) is 6.92 Å². The fourth-order valence-corrected chi connectivity index (χ4v) is 2.97. The van der Waals surface area contributed by atoms with Gasteiger partial charge in [0.1, 0.15) is 23.6 Å². The van der Waals surface area contributed by atoms with Crippen molar-refractivity contribution in [3.05, 3.63) is 40.4 Å². The molecule has 0 spiro atoms. The summed E-state index contributed by atoms with van der Waals surface area (Å²) in [6.07, 6.45) is 2.02. The Balaban J connectivity index is 1.82. The Kier molecular flexibility index (Phi) is 3.30. The molecule has 1 aliphatic rings. The molecule has 2 aromatic heterocycles. The van der Waals surface area contributed by atoms with E-state index in [-0.39, 0.29) is 24.1 Å². The number of carbonyl (C=O) groups excluding carboxylic acids is 1. The van der Waals surface area contributed by atoms with Gasteiger partial charge in [0.25, 0.3) is 5.56 Å². The first kappa shape index (κ1) is 14.7. The molecule has 0 radical (unpaired) electrons. The van der Waals surface area contributed by atoms with E-state index in [0.29, 0.717) is 11.3 Å². The lowest BCUT2D eigenvalue weighted by atomic mass is 10.2. The summed E-state index contributed by atoms with van der Waals surface area (Å²) in [6.45, 7) is 1.77. The van der Waals surface area contributed by atoms with Crippen LogP contribution in [0.15, 0.2) is 29.1 Å². The van der Waals surface area contributed by atoms with Gasteiger partial charge in [-0.2, -0.15) is 5.10 Å². The van der Waals surface area contributed by atoms with Crippen molar-refractivity contribution in [2.75, 3.05) is 7.11 Å². The molecule has 0 bridgehead atoms. The summed E-state index contributed by atoms with van der Waals surface area (Å²) in [6, 6.07) is 7.71. The van der Waals surface area contributed by atoms with Gasteiger partial charge in [-0.25, -0.2) is 4.68 Å². The number of benzene rings is 1. The molecule has 4 rings (SSSR count). The van der Waals surface area contributed by atoms with Gasteiger partial charge >= 0.3 is 0 Å². The number of aryl methyl sites for hydroxylation is 1. The maximum atomic E-state index is 12.7. The van der Waals surface area contributed by atoms with Crippen LogP contribution in [0.25, 0.3) is 16.4 Å². The maximum absolute atomic E-state index is 12.7. The van der Waals surface area contributed by atoms with Crippen molar-refractivity contribution < 1.29 is 9.53 Å². The van der Waals surface area contributed by atoms with Crippen molar-refractivity contribution in [3.8, 4) is 5.75 Å². The second kappa shape index (κ2) is 5.36. The highest BCUT2D eigenvalue weighted by molar-refractivity contribution is 5.88. The summed E-state index contributed by atoms with van der Waals surface area (Å²) in [7, 11) is 1.61. The van der Waals surface area contributed by atoms with Crippen LogP contribution in [0.4, 0.5) is 0 Å². The number of hydrogen-bond acceptors (Lipinski definition) is 4. The van der Waals surface area contributed by atoms with Gasteiger partial charge in [0.05, 0.1) is 12.6 Å². The fourth-order valence-electron chi connectivity index (χ4n) is 2.97. The number of carbonyl (C=O) groups is 1. The van der Waals surface area contributed by atoms with E-state index in [1.54, 1.807) is 7.11 Å². The Morgan fingerprint density at radius 1 is 1.33 bits per heavy atom. The fraction of sp³-hybridized carbons (Fsp3) is 0.353. The SMILES string of the molecule is COc1ccc2c(c1)cc1c(=O)n(CC(=O)NC3CC3)nc(C)n12. The maximum Gasteiger partial charge on any atom is 0.291 e. The third-order valence-corrected chi connectivity index (χ3v) is 4.29. The first-order chi connectivity index (χ1) is 11.6. The molecule has 2 heterocycles. The largest absolute Gasteiger partial charge is 0.497 e. The molecule has 1 amide bonds. The minimum atomic E-state index is -0.276. The normalized spacial score (nSPS) is 14.2. The lowest BCUT2D eigenvalue weighted by Crippen LogP contribution is -2.35. The van der Waals surface area contributed by atoms with E-state index in [1.807, 2.05) is 35.6 Å². The number of nitrogens with zero attached hydrogens (tertiary/aromatic N) is 3. The van der Waals surface area contributed by atoms with Crippen LogP contribution in [0.1, 0.15) is 18.7 Å². The smallest absolute Gasteiger partial charge is 0.291 e. The Hall–Kier alpha value is -2.83. The van der Waals surface area contributed by atoms with Crippen LogP contribution in [-0.4, -0.2) is 33.2 Å². The monoisotopic (exact) mass is 326 g/mol. The molecule has 1 fully saturated rings. The average Bonchev–Trinajstić information content (AvgIpc) is 3.28. The molecule has 0 saturated heterocycles. The zero-order valence-corrected chi connectivity index (χ0v) is 13.6. The Morgan fingerprint density at radius 2 is 2.12 bits per heavy atom. The van der Waals surface area contributed by atoms with Gasteiger partial charge in [0.2, 0.25) is 5.91 Å². The summed E-state index contributed by atoms with van der Waals surface area (Å²) in [5.41, 5.74) is 1.12. The standard InChI is InChI=1S/C17H18N4O3/c1-10-19-20(9-16(22)18-12-3-4-12)17(23)15-8-11-7-13(24-2)5-6-14(11)21(10)15/h5-8,12H,3-4,9H2,1-2H3,(H,18,22). The van der Waals surface area contributed by atoms with Crippen molar-refractivity contribution >= 4 is 22.3 Å². The van der Waals surface area contributed by atoms with Gasteiger partial charge in [-0.05, 0) is 44.0 Å². The number of aromatic nitrogens is 3. The highest BCUT2D eigenvalue weighted by Crippen LogP contribution is 2.24. The van der Waals surface area contributed by atoms with E-state index >= 15 is 0 Å². The van der Waals surface area contributed by atoms with Crippen molar-refractivity contribution in [1.82, 2.24) is 19.5 Å². The van der Waals surface area contributed by atoms with E-state index in [9.17, 15) is 9.59 Å².